The quantitative estimate of drug-likeness (QED) is 0.467. The van der Waals surface area contributed by atoms with E-state index >= 15 is 0 Å². The molecule has 0 amide bonds. The van der Waals surface area contributed by atoms with E-state index in [1.807, 2.05) is 41.9 Å². The van der Waals surface area contributed by atoms with Crippen LogP contribution < -0.4 is 0 Å². The molecule has 0 N–H and O–H groups in total. The number of thioether (sulfide) groups is 1. The molecule has 2 aromatic heterocycles. The fraction of sp³-hybridized carbons (Fsp3) is 0.278. The Bertz CT molecular complexity index is 855. The van der Waals surface area contributed by atoms with Gasteiger partial charge in [-0.25, -0.2) is 4.98 Å². The zero-order valence-corrected chi connectivity index (χ0v) is 15.4. The third kappa shape index (κ3) is 4.26. The number of carbonyl (C=O) groups excluding carboxylic acids is 1. The highest BCUT2D eigenvalue weighted by molar-refractivity contribution is 8.00. The van der Waals surface area contributed by atoms with E-state index in [4.69, 9.17) is 4.74 Å². The number of nitrogens with zero attached hydrogens (tertiary/aromatic N) is 5. The van der Waals surface area contributed by atoms with E-state index in [-0.39, 0.29) is 5.97 Å². The molecule has 1 unspecified atom stereocenters. The monoisotopic (exact) mass is 369 g/mol. The van der Waals surface area contributed by atoms with E-state index in [0.717, 1.165) is 5.56 Å². The van der Waals surface area contributed by atoms with Crippen molar-refractivity contribution in [1.82, 2.24) is 24.7 Å². The molecule has 2 heterocycles. The van der Waals surface area contributed by atoms with Crippen LogP contribution in [0.4, 0.5) is 0 Å². The first-order valence-electron chi connectivity index (χ1n) is 8.22. The highest BCUT2D eigenvalue weighted by atomic mass is 32.2. The topological polar surface area (TPSA) is 82.8 Å². The molecule has 0 aliphatic heterocycles. The molecule has 0 fully saturated rings. The number of aromatic nitrogens is 5. The summed E-state index contributed by atoms with van der Waals surface area (Å²) in [5.41, 5.74) is 1.69. The van der Waals surface area contributed by atoms with Crippen LogP contribution in [0.3, 0.4) is 0 Å². The smallest absolute Gasteiger partial charge is 0.319 e. The molecule has 0 radical (unpaired) electrons. The molecule has 134 valence electrons. The number of rotatable bonds is 7. The molecule has 26 heavy (non-hydrogen) atoms. The van der Waals surface area contributed by atoms with Crippen LogP contribution in [-0.4, -0.2) is 42.6 Å². The summed E-state index contributed by atoms with van der Waals surface area (Å²) < 4.78 is 7.05. The number of benzene rings is 1. The predicted octanol–water partition coefficient (Wildman–Crippen LogP) is 2.54. The SMILES string of the molecule is CCOC(=O)C(Cc1ccccc1)Sc1nnc(-c2cnccn2)n1C. The maximum atomic E-state index is 12.4. The molecular weight excluding hydrogens is 350 g/mol. The summed E-state index contributed by atoms with van der Waals surface area (Å²) in [5, 5.41) is 8.62. The Kier molecular flexibility index (Phi) is 5.96. The van der Waals surface area contributed by atoms with Crippen LogP contribution in [0.25, 0.3) is 11.5 Å². The average molecular weight is 369 g/mol. The summed E-state index contributed by atoms with van der Waals surface area (Å²) >= 11 is 1.34. The molecular formula is C18H19N5O2S. The Balaban J connectivity index is 1.82. The Morgan fingerprint density at radius 1 is 1.23 bits per heavy atom. The van der Waals surface area contributed by atoms with Crippen molar-refractivity contribution in [3.05, 3.63) is 54.5 Å². The van der Waals surface area contributed by atoms with Crippen molar-refractivity contribution in [2.75, 3.05) is 6.61 Å². The van der Waals surface area contributed by atoms with Gasteiger partial charge in [-0.05, 0) is 18.9 Å². The number of ether oxygens (including phenoxy) is 1. The number of hydrogen-bond acceptors (Lipinski definition) is 7. The van der Waals surface area contributed by atoms with Crippen molar-refractivity contribution in [3.8, 4) is 11.5 Å². The Hall–Kier alpha value is -2.74. The summed E-state index contributed by atoms with van der Waals surface area (Å²) in [7, 11) is 1.84. The second-order valence-corrected chi connectivity index (χ2v) is 6.67. The third-order valence-corrected chi connectivity index (χ3v) is 4.90. The van der Waals surface area contributed by atoms with Gasteiger partial charge in [0, 0.05) is 19.4 Å². The lowest BCUT2D eigenvalue weighted by Crippen LogP contribution is -2.23. The molecule has 3 rings (SSSR count). The van der Waals surface area contributed by atoms with Crippen LogP contribution in [0.5, 0.6) is 0 Å². The van der Waals surface area contributed by atoms with Gasteiger partial charge in [0.05, 0.1) is 12.8 Å². The minimum Gasteiger partial charge on any atom is -0.465 e. The van der Waals surface area contributed by atoms with Crippen molar-refractivity contribution in [3.63, 3.8) is 0 Å². The maximum Gasteiger partial charge on any atom is 0.319 e. The summed E-state index contributed by atoms with van der Waals surface area (Å²) in [6, 6.07) is 9.85. The zero-order chi connectivity index (χ0) is 18.4. The van der Waals surface area contributed by atoms with E-state index in [9.17, 15) is 4.79 Å². The lowest BCUT2D eigenvalue weighted by atomic mass is 10.1. The second kappa shape index (κ2) is 8.57. The van der Waals surface area contributed by atoms with Gasteiger partial charge in [0.15, 0.2) is 11.0 Å². The molecule has 0 saturated heterocycles. The fourth-order valence-electron chi connectivity index (χ4n) is 2.42. The van der Waals surface area contributed by atoms with Crippen LogP contribution in [0.15, 0.2) is 54.1 Å². The van der Waals surface area contributed by atoms with E-state index < -0.39 is 5.25 Å². The molecule has 0 bridgehead atoms. The summed E-state index contributed by atoms with van der Waals surface area (Å²) in [6.07, 6.45) is 5.39. The van der Waals surface area contributed by atoms with E-state index in [1.54, 1.807) is 25.5 Å². The lowest BCUT2D eigenvalue weighted by Gasteiger charge is -2.15. The molecule has 3 aromatic rings. The van der Waals surface area contributed by atoms with Crippen molar-refractivity contribution in [2.45, 2.75) is 23.8 Å². The molecule has 1 aromatic carbocycles. The Morgan fingerprint density at radius 3 is 2.73 bits per heavy atom. The van der Waals surface area contributed by atoms with Gasteiger partial charge in [0.25, 0.3) is 0 Å². The van der Waals surface area contributed by atoms with Crippen LogP contribution in [0.1, 0.15) is 12.5 Å². The summed E-state index contributed by atoms with van der Waals surface area (Å²) in [5.74, 6) is 0.341. The number of carbonyl (C=O) groups is 1. The maximum absolute atomic E-state index is 12.4. The minimum atomic E-state index is -0.407. The largest absolute Gasteiger partial charge is 0.465 e. The van der Waals surface area contributed by atoms with Crippen LogP contribution in [0, 0.1) is 0 Å². The minimum absolute atomic E-state index is 0.259. The predicted molar refractivity (Wildman–Crippen MR) is 98.5 cm³/mol. The first kappa shape index (κ1) is 18.1. The average Bonchev–Trinajstić information content (AvgIpc) is 3.03. The van der Waals surface area contributed by atoms with E-state index in [1.165, 1.54) is 11.8 Å². The van der Waals surface area contributed by atoms with Gasteiger partial charge in [-0.2, -0.15) is 0 Å². The molecule has 0 aliphatic carbocycles. The van der Waals surface area contributed by atoms with Gasteiger partial charge in [-0.3, -0.25) is 9.78 Å². The highest BCUT2D eigenvalue weighted by Gasteiger charge is 2.25. The third-order valence-electron chi connectivity index (χ3n) is 3.69. The van der Waals surface area contributed by atoms with Gasteiger partial charge in [-0.1, -0.05) is 42.1 Å². The Labute approximate surface area is 155 Å². The molecule has 8 heteroatoms. The standard InChI is InChI=1S/C18H19N5O2S/c1-3-25-17(24)15(11-13-7-5-4-6-8-13)26-18-22-21-16(23(18)2)14-12-19-9-10-20-14/h4-10,12,15H,3,11H2,1-2H3. The summed E-state index contributed by atoms with van der Waals surface area (Å²) in [4.78, 5) is 20.7. The van der Waals surface area contributed by atoms with Gasteiger partial charge >= 0.3 is 5.97 Å². The van der Waals surface area contributed by atoms with Crippen LogP contribution in [-0.2, 0) is 23.0 Å². The first-order chi connectivity index (χ1) is 12.7. The van der Waals surface area contributed by atoms with Gasteiger partial charge < -0.3 is 9.30 Å². The number of hydrogen-bond donors (Lipinski definition) is 0. The normalized spacial score (nSPS) is 11.9. The van der Waals surface area contributed by atoms with E-state index in [2.05, 4.69) is 20.2 Å². The van der Waals surface area contributed by atoms with Gasteiger partial charge in [-0.15, -0.1) is 10.2 Å². The zero-order valence-electron chi connectivity index (χ0n) is 14.6. The van der Waals surface area contributed by atoms with Crippen molar-refractivity contribution < 1.29 is 9.53 Å². The molecule has 0 aliphatic rings. The van der Waals surface area contributed by atoms with Crippen LogP contribution >= 0.6 is 11.8 Å². The summed E-state index contributed by atoms with van der Waals surface area (Å²) in [6.45, 7) is 2.14. The number of esters is 1. The molecule has 1 atom stereocenters. The second-order valence-electron chi connectivity index (χ2n) is 5.50. The van der Waals surface area contributed by atoms with Crippen molar-refractivity contribution in [2.24, 2.45) is 7.05 Å². The highest BCUT2D eigenvalue weighted by Crippen LogP contribution is 2.27. The fourth-order valence-corrected chi connectivity index (χ4v) is 3.45. The van der Waals surface area contributed by atoms with Crippen molar-refractivity contribution in [1.29, 1.82) is 0 Å². The molecule has 0 spiro atoms. The van der Waals surface area contributed by atoms with Crippen LogP contribution in [0.2, 0.25) is 0 Å². The molecule has 7 nitrogen and oxygen atoms in total. The first-order valence-corrected chi connectivity index (χ1v) is 9.10. The molecule has 0 saturated carbocycles. The van der Waals surface area contributed by atoms with E-state index in [0.29, 0.717) is 29.7 Å². The van der Waals surface area contributed by atoms with Gasteiger partial charge in [0.2, 0.25) is 0 Å². The lowest BCUT2D eigenvalue weighted by molar-refractivity contribution is -0.142. The van der Waals surface area contributed by atoms with Crippen molar-refractivity contribution >= 4 is 17.7 Å². The Morgan fingerprint density at radius 2 is 2.04 bits per heavy atom. The van der Waals surface area contributed by atoms with Gasteiger partial charge in [0.1, 0.15) is 10.9 Å².